The molecule has 82 valence electrons. The molecule has 0 aliphatic heterocycles. The van der Waals surface area contributed by atoms with Crippen LogP contribution in [0.3, 0.4) is 0 Å². The molecule has 1 unspecified atom stereocenters. The molecule has 1 aromatic rings. The molecule has 0 spiro atoms. The molecule has 1 atom stereocenters. The Morgan fingerprint density at radius 1 is 1.73 bits per heavy atom. The Labute approximate surface area is 89.7 Å². The summed E-state index contributed by atoms with van der Waals surface area (Å²) in [5, 5.41) is 21.6. The molecule has 1 amide bonds. The van der Waals surface area contributed by atoms with E-state index in [1.165, 1.54) is 19.1 Å². The van der Waals surface area contributed by atoms with Crippen molar-refractivity contribution < 1.29 is 14.8 Å². The van der Waals surface area contributed by atoms with Crippen LogP contribution in [0.15, 0.2) is 12.1 Å². The fourth-order valence-electron chi connectivity index (χ4n) is 0.875. The van der Waals surface area contributed by atoms with Crippen LogP contribution in [0.5, 0.6) is 0 Å². The number of aliphatic hydroxyl groups excluding tert-OH is 1. The van der Waals surface area contributed by atoms with Crippen LogP contribution in [0.2, 0.25) is 0 Å². The van der Waals surface area contributed by atoms with Crippen molar-refractivity contribution in [3.8, 4) is 0 Å². The van der Waals surface area contributed by atoms with Crippen molar-refractivity contribution in [2.24, 2.45) is 0 Å². The van der Waals surface area contributed by atoms with E-state index >= 15 is 0 Å². The highest BCUT2D eigenvalue weighted by Gasteiger charge is 2.14. The summed E-state index contributed by atoms with van der Waals surface area (Å²) < 4.78 is 0. The minimum atomic E-state index is -0.635. The summed E-state index contributed by atoms with van der Waals surface area (Å²) in [4.78, 5) is 21.4. The minimum absolute atomic E-state index is 0.0720. The van der Waals surface area contributed by atoms with Gasteiger partial charge in [0.25, 0.3) is 5.91 Å². The summed E-state index contributed by atoms with van der Waals surface area (Å²) in [7, 11) is 0. The second kappa shape index (κ2) is 4.85. The Kier molecular flexibility index (Phi) is 3.75. The van der Waals surface area contributed by atoms with E-state index in [1.807, 2.05) is 0 Å². The van der Waals surface area contributed by atoms with Crippen LogP contribution >= 0.6 is 11.3 Å². The molecule has 0 radical (unpaired) electrons. The lowest BCUT2D eigenvalue weighted by molar-refractivity contribution is -0.380. The van der Waals surface area contributed by atoms with Crippen molar-refractivity contribution in [2.45, 2.75) is 13.0 Å². The minimum Gasteiger partial charge on any atom is -0.392 e. The number of amides is 1. The van der Waals surface area contributed by atoms with E-state index < -0.39 is 16.9 Å². The zero-order valence-electron chi connectivity index (χ0n) is 7.97. The summed E-state index contributed by atoms with van der Waals surface area (Å²) in [6.45, 7) is 1.67. The molecule has 7 heteroatoms. The van der Waals surface area contributed by atoms with Gasteiger partial charge in [0.05, 0.1) is 15.9 Å². The van der Waals surface area contributed by atoms with E-state index in [9.17, 15) is 14.9 Å². The number of thiophene rings is 1. The number of hydrogen-bond donors (Lipinski definition) is 2. The summed E-state index contributed by atoms with van der Waals surface area (Å²) in [6, 6.07) is 2.67. The molecular weight excluding hydrogens is 220 g/mol. The van der Waals surface area contributed by atoms with E-state index in [1.54, 1.807) is 0 Å². The topological polar surface area (TPSA) is 92.5 Å². The molecule has 2 N–H and O–H groups in total. The standard InChI is InChI=1S/C8H10N2O4S/c1-5(11)4-9-8(12)6-2-3-7(15-6)10(13)14/h2-3,5,11H,4H2,1H3,(H,9,12). The monoisotopic (exact) mass is 230 g/mol. The van der Waals surface area contributed by atoms with E-state index in [2.05, 4.69) is 5.32 Å². The van der Waals surface area contributed by atoms with Gasteiger partial charge in [0.15, 0.2) is 0 Å². The maximum atomic E-state index is 11.4. The molecule has 6 nitrogen and oxygen atoms in total. The number of carbonyl (C=O) groups excluding carboxylic acids is 1. The van der Waals surface area contributed by atoms with Gasteiger partial charge in [-0.2, -0.15) is 0 Å². The highest BCUT2D eigenvalue weighted by molar-refractivity contribution is 7.17. The van der Waals surface area contributed by atoms with Crippen molar-refractivity contribution in [3.63, 3.8) is 0 Å². The molecule has 0 aliphatic rings. The first kappa shape index (κ1) is 11.6. The van der Waals surface area contributed by atoms with Crippen LogP contribution in [0, 0.1) is 10.1 Å². The zero-order valence-corrected chi connectivity index (χ0v) is 8.78. The Bertz CT molecular complexity index is 374. The Hall–Kier alpha value is -1.47. The van der Waals surface area contributed by atoms with Gasteiger partial charge in [-0.25, -0.2) is 0 Å². The average molecular weight is 230 g/mol. The van der Waals surface area contributed by atoms with Crippen molar-refractivity contribution >= 4 is 22.2 Å². The number of nitrogens with one attached hydrogen (secondary N) is 1. The lowest BCUT2D eigenvalue weighted by Crippen LogP contribution is -2.29. The van der Waals surface area contributed by atoms with E-state index in [-0.39, 0.29) is 16.4 Å². The van der Waals surface area contributed by atoms with Crippen LogP contribution in [-0.4, -0.2) is 28.6 Å². The molecule has 0 fully saturated rings. The predicted octanol–water partition coefficient (Wildman–Crippen LogP) is 0.767. The SMILES string of the molecule is CC(O)CNC(=O)c1ccc([N+](=O)[O-])s1. The van der Waals surface area contributed by atoms with Gasteiger partial charge < -0.3 is 10.4 Å². The van der Waals surface area contributed by atoms with Gasteiger partial charge in [-0.3, -0.25) is 14.9 Å². The van der Waals surface area contributed by atoms with Crippen molar-refractivity contribution in [2.75, 3.05) is 6.54 Å². The lowest BCUT2D eigenvalue weighted by atomic mass is 10.4. The van der Waals surface area contributed by atoms with Crippen LogP contribution in [-0.2, 0) is 0 Å². The Morgan fingerprint density at radius 3 is 2.87 bits per heavy atom. The molecule has 1 heterocycles. The quantitative estimate of drug-likeness (QED) is 0.590. The maximum absolute atomic E-state index is 11.4. The first-order valence-corrected chi connectivity index (χ1v) is 5.03. The van der Waals surface area contributed by atoms with Gasteiger partial charge in [0, 0.05) is 12.6 Å². The number of aliphatic hydroxyl groups is 1. The molecule has 1 rings (SSSR count). The first-order valence-electron chi connectivity index (χ1n) is 4.21. The fourth-order valence-corrected chi connectivity index (χ4v) is 1.61. The molecule has 15 heavy (non-hydrogen) atoms. The second-order valence-corrected chi connectivity index (χ2v) is 4.02. The third-order valence-corrected chi connectivity index (χ3v) is 2.59. The third kappa shape index (κ3) is 3.30. The smallest absolute Gasteiger partial charge is 0.324 e. The Balaban J connectivity index is 2.62. The molecule has 0 bridgehead atoms. The van der Waals surface area contributed by atoms with E-state index in [0.717, 1.165) is 11.3 Å². The first-order chi connectivity index (χ1) is 7.00. The lowest BCUT2D eigenvalue weighted by Gasteiger charge is -2.04. The highest BCUT2D eigenvalue weighted by Crippen LogP contribution is 2.23. The van der Waals surface area contributed by atoms with E-state index in [4.69, 9.17) is 5.11 Å². The van der Waals surface area contributed by atoms with Crippen molar-refractivity contribution in [1.29, 1.82) is 0 Å². The highest BCUT2D eigenvalue weighted by atomic mass is 32.1. The third-order valence-electron chi connectivity index (χ3n) is 1.55. The van der Waals surface area contributed by atoms with Gasteiger partial charge in [-0.15, -0.1) is 0 Å². The summed E-state index contributed by atoms with van der Waals surface area (Å²) in [5.41, 5.74) is 0. The summed E-state index contributed by atoms with van der Waals surface area (Å²) >= 11 is 0.808. The number of hydrogen-bond acceptors (Lipinski definition) is 5. The van der Waals surface area contributed by atoms with Crippen LogP contribution < -0.4 is 5.32 Å². The van der Waals surface area contributed by atoms with Gasteiger partial charge in [-0.05, 0) is 13.0 Å². The van der Waals surface area contributed by atoms with Crippen LogP contribution in [0.4, 0.5) is 5.00 Å². The number of rotatable bonds is 4. The van der Waals surface area contributed by atoms with Gasteiger partial charge >= 0.3 is 5.00 Å². The molecule has 0 saturated carbocycles. The largest absolute Gasteiger partial charge is 0.392 e. The maximum Gasteiger partial charge on any atom is 0.324 e. The van der Waals surface area contributed by atoms with E-state index in [0.29, 0.717) is 0 Å². The fraction of sp³-hybridized carbons (Fsp3) is 0.375. The number of nitro groups is 1. The summed E-state index contributed by atoms with van der Waals surface area (Å²) in [5.74, 6) is -0.408. The summed E-state index contributed by atoms with van der Waals surface area (Å²) in [6.07, 6.45) is -0.635. The predicted molar refractivity (Wildman–Crippen MR) is 55.0 cm³/mol. The zero-order chi connectivity index (χ0) is 11.4. The second-order valence-electron chi connectivity index (χ2n) is 2.95. The number of carbonyl (C=O) groups is 1. The molecule has 0 aliphatic carbocycles. The van der Waals surface area contributed by atoms with Crippen molar-refractivity contribution in [3.05, 3.63) is 27.1 Å². The molecular formula is C8H10N2O4S. The molecule has 0 saturated heterocycles. The Morgan fingerprint density at radius 2 is 2.40 bits per heavy atom. The average Bonchev–Trinajstić information content (AvgIpc) is 2.62. The van der Waals surface area contributed by atoms with Crippen molar-refractivity contribution in [1.82, 2.24) is 5.32 Å². The van der Waals surface area contributed by atoms with Gasteiger partial charge in [0.1, 0.15) is 0 Å². The van der Waals surface area contributed by atoms with Gasteiger partial charge in [-0.1, -0.05) is 11.3 Å². The van der Waals surface area contributed by atoms with Crippen LogP contribution in [0.1, 0.15) is 16.6 Å². The molecule has 1 aromatic heterocycles. The van der Waals surface area contributed by atoms with Crippen LogP contribution in [0.25, 0.3) is 0 Å². The molecule has 0 aromatic carbocycles. The van der Waals surface area contributed by atoms with Gasteiger partial charge in [0.2, 0.25) is 0 Å². The normalized spacial score (nSPS) is 12.1. The number of nitrogens with zero attached hydrogens (tertiary/aromatic N) is 1.